The summed E-state index contributed by atoms with van der Waals surface area (Å²) in [6.45, 7) is 2.01. The van der Waals surface area contributed by atoms with Crippen LogP contribution in [0.25, 0.3) is 11.4 Å². The summed E-state index contributed by atoms with van der Waals surface area (Å²) in [6, 6.07) is 3.86. The number of hydrogen-bond donors (Lipinski definition) is 1. The van der Waals surface area contributed by atoms with Crippen LogP contribution in [0.2, 0.25) is 0 Å². The monoisotopic (exact) mass is 218 g/mol. The molecule has 2 aromatic rings. The van der Waals surface area contributed by atoms with Gasteiger partial charge in [-0.25, -0.2) is 4.98 Å². The van der Waals surface area contributed by atoms with Crippen molar-refractivity contribution in [3.8, 4) is 22.9 Å². The summed E-state index contributed by atoms with van der Waals surface area (Å²) < 4.78 is 10.5. The van der Waals surface area contributed by atoms with Crippen molar-refractivity contribution in [3.05, 3.63) is 30.1 Å². The summed E-state index contributed by atoms with van der Waals surface area (Å²) in [5, 5.41) is 0. The van der Waals surface area contributed by atoms with Crippen LogP contribution in [0.3, 0.4) is 0 Å². The lowest BCUT2D eigenvalue weighted by Gasteiger charge is -2.11. The third-order valence-corrected chi connectivity index (χ3v) is 2.48. The molecule has 1 heterocycles. The molecule has 0 fully saturated rings. The molecule has 0 amide bonds. The normalized spacial score (nSPS) is 10.2. The lowest BCUT2D eigenvalue weighted by atomic mass is 10.1. The van der Waals surface area contributed by atoms with Crippen LogP contribution in [0, 0.1) is 6.92 Å². The number of aromatic amines is 1. The van der Waals surface area contributed by atoms with Crippen molar-refractivity contribution in [2.45, 2.75) is 6.92 Å². The first-order chi connectivity index (χ1) is 7.76. The topological polar surface area (TPSA) is 47.1 Å². The Kier molecular flexibility index (Phi) is 2.81. The molecule has 0 saturated heterocycles. The van der Waals surface area contributed by atoms with E-state index in [1.54, 1.807) is 26.6 Å². The van der Waals surface area contributed by atoms with Gasteiger partial charge in [0.05, 0.1) is 14.2 Å². The Balaban J connectivity index is 2.55. The molecule has 2 rings (SSSR count). The van der Waals surface area contributed by atoms with Gasteiger partial charge in [0.1, 0.15) is 5.82 Å². The third-order valence-electron chi connectivity index (χ3n) is 2.48. The molecular formula is C12H14N2O2. The van der Waals surface area contributed by atoms with Gasteiger partial charge < -0.3 is 14.5 Å². The van der Waals surface area contributed by atoms with E-state index >= 15 is 0 Å². The number of benzene rings is 1. The highest BCUT2D eigenvalue weighted by atomic mass is 16.5. The van der Waals surface area contributed by atoms with Crippen LogP contribution < -0.4 is 9.47 Å². The van der Waals surface area contributed by atoms with Crippen molar-refractivity contribution in [1.29, 1.82) is 0 Å². The van der Waals surface area contributed by atoms with Gasteiger partial charge in [-0.05, 0) is 24.6 Å². The van der Waals surface area contributed by atoms with Gasteiger partial charge >= 0.3 is 0 Å². The Morgan fingerprint density at radius 3 is 2.38 bits per heavy atom. The lowest BCUT2D eigenvalue weighted by molar-refractivity contribution is 0.355. The highest BCUT2D eigenvalue weighted by Crippen LogP contribution is 2.33. The fourth-order valence-electron chi connectivity index (χ4n) is 1.65. The van der Waals surface area contributed by atoms with Gasteiger partial charge in [-0.2, -0.15) is 0 Å². The maximum absolute atomic E-state index is 5.26. The van der Waals surface area contributed by atoms with Crippen molar-refractivity contribution in [1.82, 2.24) is 9.97 Å². The quantitative estimate of drug-likeness (QED) is 0.860. The number of imidazole rings is 1. The first-order valence-electron chi connectivity index (χ1n) is 4.98. The molecule has 1 N–H and O–H groups in total. The maximum atomic E-state index is 5.26. The fraction of sp³-hybridized carbons (Fsp3) is 0.250. The molecule has 84 valence electrons. The number of nitrogens with zero attached hydrogens (tertiary/aromatic N) is 1. The summed E-state index contributed by atoms with van der Waals surface area (Å²) in [5.74, 6) is 2.27. The van der Waals surface area contributed by atoms with Crippen molar-refractivity contribution in [2.75, 3.05) is 14.2 Å². The standard InChI is InChI=1S/C12H14N2O2/c1-8-6-10(15-2)11(16-3)7-9(8)12-13-4-5-14-12/h4-7H,1-3H3,(H,13,14). The maximum Gasteiger partial charge on any atom is 0.161 e. The number of methoxy groups -OCH3 is 2. The van der Waals surface area contributed by atoms with Crippen molar-refractivity contribution >= 4 is 0 Å². The van der Waals surface area contributed by atoms with Crippen LogP contribution in [0.5, 0.6) is 11.5 Å². The van der Waals surface area contributed by atoms with E-state index in [2.05, 4.69) is 9.97 Å². The summed E-state index contributed by atoms with van der Waals surface area (Å²) in [7, 11) is 3.25. The molecule has 0 aliphatic carbocycles. The van der Waals surface area contributed by atoms with Gasteiger partial charge in [-0.15, -0.1) is 0 Å². The number of aryl methyl sites for hydroxylation is 1. The summed E-state index contributed by atoms with van der Waals surface area (Å²) in [4.78, 5) is 7.30. The van der Waals surface area contributed by atoms with E-state index in [1.807, 2.05) is 19.1 Å². The minimum absolute atomic E-state index is 0.708. The second kappa shape index (κ2) is 4.26. The Morgan fingerprint density at radius 1 is 1.12 bits per heavy atom. The lowest BCUT2D eigenvalue weighted by Crippen LogP contribution is -1.94. The number of rotatable bonds is 3. The van der Waals surface area contributed by atoms with Crippen molar-refractivity contribution in [3.63, 3.8) is 0 Å². The van der Waals surface area contributed by atoms with E-state index in [0.29, 0.717) is 5.75 Å². The van der Waals surface area contributed by atoms with Crippen LogP contribution in [-0.2, 0) is 0 Å². The molecule has 0 unspecified atom stereocenters. The summed E-state index contributed by atoms with van der Waals surface area (Å²) in [6.07, 6.45) is 3.52. The van der Waals surface area contributed by atoms with Gasteiger partial charge in [-0.1, -0.05) is 0 Å². The highest BCUT2D eigenvalue weighted by Gasteiger charge is 2.11. The average Bonchev–Trinajstić information content (AvgIpc) is 2.82. The van der Waals surface area contributed by atoms with Crippen LogP contribution in [-0.4, -0.2) is 24.2 Å². The first-order valence-corrected chi connectivity index (χ1v) is 4.98. The molecular weight excluding hydrogens is 204 g/mol. The Bertz CT molecular complexity index is 478. The Labute approximate surface area is 94.2 Å². The van der Waals surface area contributed by atoms with Gasteiger partial charge in [0.25, 0.3) is 0 Å². The van der Waals surface area contributed by atoms with E-state index in [9.17, 15) is 0 Å². The molecule has 0 aliphatic rings. The number of hydrogen-bond acceptors (Lipinski definition) is 3. The van der Waals surface area contributed by atoms with Crippen molar-refractivity contribution < 1.29 is 9.47 Å². The summed E-state index contributed by atoms with van der Waals surface area (Å²) >= 11 is 0. The van der Waals surface area contributed by atoms with Crippen LogP contribution in [0.15, 0.2) is 24.5 Å². The number of H-pyrrole nitrogens is 1. The Hall–Kier alpha value is -1.97. The molecule has 1 aromatic heterocycles. The van der Waals surface area contributed by atoms with Crippen LogP contribution in [0.1, 0.15) is 5.56 Å². The predicted molar refractivity (Wildman–Crippen MR) is 61.9 cm³/mol. The third kappa shape index (κ3) is 1.74. The van der Waals surface area contributed by atoms with E-state index in [-0.39, 0.29) is 0 Å². The zero-order valence-corrected chi connectivity index (χ0v) is 9.57. The molecule has 0 radical (unpaired) electrons. The van der Waals surface area contributed by atoms with Gasteiger partial charge in [0.2, 0.25) is 0 Å². The average molecular weight is 218 g/mol. The molecule has 0 aliphatic heterocycles. The first kappa shape index (κ1) is 10.5. The van der Waals surface area contributed by atoms with Gasteiger partial charge in [0, 0.05) is 18.0 Å². The molecule has 0 atom stereocenters. The van der Waals surface area contributed by atoms with E-state index < -0.39 is 0 Å². The molecule has 0 spiro atoms. The van der Waals surface area contributed by atoms with Crippen molar-refractivity contribution in [2.24, 2.45) is 0 Å². The van der Waals surface area contributed by atoms with Gasteiger partial charge in [0.15, 0.2) is 11.5 Å². The Morgan fingerprint density at radius 2 is 1.81 bits per heavy atom. The number of aromatic nitrogens is 2. The predicted octanol–water partition coefficient (Wildman–Crippen LogP) is 2.40. The molecule has 1 aromatic carbocycles. The van der Waals surface area contributed by atoms with E-state index in [4.69, 9.17) is 9.47 Å². The highest BCUT2D eigenvalue weighted by molar-refractivity contribution is 5.65. The van der Waals surface area contributed by atoms with E-state index in [0.717, 1.165) is 22.7 Å². The molecule has 4 heteroatoms. The molecule has 16 heavy (non-hydrogen) atoms. The van der Waals surface area contributed by atoms with E-state index in [1.165, 1.54) is 0 Å². The minimum atomic E-state index is 0.708. The number of nitrogens with one attached hydrogen (secondary N) is 1. The molecule has 4 nitrogen and oxygen atoms in total. The largest absolute Gasteiger partial charge is 0.493 e. The minimum Gasteiger partial charge on any atom is -0.493 e. The zero-order chi connectivity index (χ0) is 11.5. The van der Waals surface area contributed by atoms with Gasteiger partial charge in [-0.3, -0.25) is 0 Å². The summed E-state index contributed by atoms with van der Waals surface area (Å²) in [5.41, 5.74) is 2.11. The SMILES string of the molecule is COc1cc(C)c(-c2ncc[nH]2)cc1OC. The zero-order valence-electron chi connectivity index (χ0n) is 9.57. The second-order valence-electron chi connectivity index (χ2n) is 3.46. The number of ether oxygens (including phenoxy) is 2. The fourth-order valence-corrected chi connectivity index (χ4v) is 1.65. The second-order valence-corrected chi connectivity index (χ2v) is 3.46. The molecule has 0 saturated carbocycles. The molecule has 0 bridgehead atoms. The van der Waals surface area contributed by atoms with Crippen LogP contribution in [0.4, 0.5) is 0 Å². The van der Waals surface area contributed by atoms with Crippen LogP contribution >= 0.6 is 0 Å². The smallest absolute Gasteiger partial charge is 0.161 e.